The Morgan fingerprint density at radius 1 is 1.32 bits per heavy atom. The van der Waals surface area contributed by atoms with Crippen molar-refractivity contribution in [3.63, 3.8) is 0 Å². The van der Waals surface area contributed by atoms with Crippen LogP contribution in [0.5, 0.6) is 0 Å². The summed E-state index contributed by atoms with van der Waals surface area (Å²) in [7, 11) is 0. The van der Waals surface area contributed by atoms with E-state index in [1.54, 1.807) is 0 Å². The van der Waals surface area contributed by atoms with Gasteiger partial charge in [0.2, 0.25) is 0 Å². The third-order valence-corrected chi connectivity index (χ3v) is 3.72. The average molecular weight is 251 g/mol. The molecule has 0 bridgehead atoms. The topological polar surface area (TPSA) is 39.1 Å². The Morgan fingerprint density at radius 3 is 3.00 bits per heavy atom. The van der Waals surface area contributed by atoms with Crippen LogP contribution in [-0.2, 0) is 0 Å². The quantitative estimate of drug-likeness (QED) is 0.846. The van der Waals surface area contributed by atoms with Crippen molar-refractivity contribution in [2.75, 3.05) is 24.5 Å². The van der Waals surface area contributed by atoms with Crippen LogP contribution in [0.1, 0.15) is 12.5 Å². The molecule has 0 amide bonds. The van der Waals surface area contributed by atoms with Crippen molar-refractivity contribution in [3.05, 3.63) is 42.0 Å². The van der Waals surface area contributed by atoms with Gasteiger partial charge in [-0.15, -0.1) is 0 Å². The molecule has 1 saturated heterocycles. The fraction of sp³-hybridized carbons (Fsp3) is 0.312. The largest absolute Gasteiger partial charge is 0.369 e. The van der Waals surface area contributed by atoms with Crippen molar-refractivity contribution in [2.45, 2.75) is 13.0 Å². The number of rotatable bonds is 1. The number of nitrogens with zero attached hydrogens (tertiary/aromatic N) is 2. The van der Waals surface area contributed by atoms with Crippen LogP contribution in [0, 0.1) is 11.3 Å². The third kappa shape index (κ3) is 2.27. The summed E-state index contributed by atoms with van der Waals surface area (Å²) in [4.78, 5) is 2.40. The van der Waals surface area contributed by atoms with Gasteiger partial charge in [0.25, 0.3) is 0 Å². The van der Waals surface area contributed by atoms with E-state index in [9.17, 15) is 0 Å². The molecular weight excluding hydrogens is 234 g/mol. The van der Waals surface area contributed by atoms with Crippen LogP contribution in [-0.4, -0.2) is 25.7 Å². The molecule has 1 fully saturated rings. The number of hydrogen-bond acceptors (Lipinski definition) is 3. The molecule has 0 radical (unpaired) electrons. The predicted octanol–water partition coefficient (Wildman–Crippen LogP) is 2.51. The highest BCUT2D eigenvalue weighted by Gasteiger charge is 2.16. The van der Waals surface area contributed by atoms with Gasteiger partial charge in [-0.1, -0.05) is 18.2 Å². The highest BCUT2D eigenvalue weighted by Crippen LogP contribution is 2.25. The lowest BCUT2D eigenvalue weighted by molar-refractivity contribution is 0.485. The summed E-state index contributed by atoms with van der Waals surface area (Å²) in [6.07, 6.45) is 0. The molecule has 0 unspecified atom stereocenters. The Balaban J connectivity index is 2.00. The van der Waals surface area contributed by atoms with Crippen LogP contribution in [0.15, 0.2) is 36.4 Å². The van der Waals surface area contributed by atoms with E-state index in [4.69, 9.17) is 5.26 Å². The minimum absolute atomic E-state index is 0.523. The summed E-state index contributed by atoms with van der Waals surface area (Å²) < 4.78 is 0. The molecule has 0 aliphatic carbocycles. The van der Waals surface area contributed by atoms with Gasteiger partial charge < -0.3 is 10.2 Å². The monoisotopic (exact) mass is 251 g/mol. The van der Waals surface area contributed by atoms with Crippen molar-refractivity contribution >= 4 is 16.5 Å². The van der Waals surface area contributed by atoms with Crippen molar-refractivity contribution in [2.24, 2.45) is 0 Å². The number of hydrogen-bond donors (Lipinski definition) is 1. The number of piperazine rings is 1. The fourth-order valence-electron chi connectivity index (χ4n) is 2.73. The fourth-order valence-corrected chi connectivity index (χ4v) is 2.73. The summed E-state index contributed by atoms with van der Waals surface area (Å²) in [6.45, 7) is 5.30. The lowest BCUT2D eigenvalue weighted by Gasteiger charge is -2.33. The number of fused-ring (bicyclic) bond motifs is 1. The molecule has 96 valence electrons. The minimum atomic E-state index is 0.523. The highest BCUT2D eigenvalue weighted by molar-refractivity contribution is 5.90. The molecule has 0 saturated carbocycles. The second kappa shape index (κ2) is 4.91. The van der Waals surface area contributed by atoms with Gasteiger partial charge in [-0.3, -0.25) is 0 Å². The number of anilines is 1. The van der Waals surface area contributed by atoms with Gasteiger partial charge in [-0.05, 0) is 35.9 Å². The Hall–Kier alpha value is -2.05. The number of benzene rings is 2. The van der Waals surface area contributed by atoms with E-state index in [2.05, 4.69) is 47.5 Å². The van der Waals surface area contributed by atoms with Gasteiger partial charge in [0.1, 0.15) is 0 Å². The maximum Gasteiger partial charge on any atom is 0.0998 e. The van der Waals surface area contributed by atoms with Gasteiger partial charge in [-0.2, -0.15) is 5.26 Å². The summed E-state index contributed by atoms with van der Waals surface area (Å²) in [5, 5.41) is 14.8. The summed E-state index contributed by atoms with van der Waals surface area (Å²) >= 11 is 0. The van der Waals surface area contributed by atoms with E-state index in [0.717, 1.165) is 36.0 Å². The van der Waals surface area contributed by atoms with E-state index in [1.165, 1.54) is 5.69 Å². The Labute approximate surface area is 113 Å². The SMILES string of the molecule is C[C@@H]1CN(c2ccc3c(C#N)cccc3c2)CCN1. The Bertz CT molecular complexity index is 642. The number of nitrogens with one attached hydrogen (secondary N) is 1. The molecule has 1 heterocycles. The molecule has 2 aromatic rings. The predicted molar refractivity (Wildman–Crippen MR) is 78.3 cm³/mol. The molecule has 3 rings (SSSR count). The maximum absolute atomic E-state index is 9.12. The number of nitriles is 1. The van der Waals surface area contributed by atoms with E-state index < -0.39 is 0 Å². The zero-order valence-corrected chi connectivity index (χ0v) is 11.1. The zero-order valence-electron chi connectivity index (χ0n) is 11.1. The third-order valence-electron chi connectivity index (χ3n) is 3.72. The molecule has 1 N–H and O–H groups in total. The van der Waals surface area contributed by atoms with E-state index in [0.29, 0.717) is 6.04 Å². The van der Waals surface area contributed by atoms with Crippen molar-refractivity contribution in [1.82, 2.24) is 5.32 Å². The maximum atomic E-state index is 9.12. The van der Waals surface area contributed by atoms with Crippen molar-refractivity contribution < 1.29 is 0 Å². The van der Waals surface area contributed by atoms with E-state index in [1.807, 2.05) is 12.1 Å². The second-order valence-corrected chi connectivity index (χ2v) is 5.12. The summed E-state index contributed by atoms with van der Waals surface area (Å²) in [5.41, 5.74) is 1.99. The standard InChI is InChI=1S/C16H17N3/c1-12-11-19(8-7-18-12)15-5-6-16-13(9-15)3-2-4-14(16)10-17/h2-6,9,12,18H,7-8,11H2,1H3/t12-/m1/s1. The normalized spacial score (nSPS) is 19.4. The average Bonchev–Trinajstić information content (AvgIpc) is 2.46. The van der Waals surface area contributed by atoms with Gasteiger partial charge in [0.05, 0.1) is 11.6 Å². The van der Waals surface area contributed by atoms with Crippen molar-refractivity contribution in [3.8, 4) is 6.07 Å². The molecule has 0 aromatic heterocycles. The van der Waals surface area contributed by atoms with Crippen LogP contribution < -0.4 is 10.2 Å². The van der Waals surface area contributed by atoms with E-state index >= 15 is 0 Å². The van der Waals surface area contributed by atoms with Crippen LogP contribution >= 0.6 is 0 Å². The lowest BCUT2D eigenvalue weighted by atomic mass is 10.0. The highest BCUT2D eigenvalue weighted by atomic mass is 15.2. The molecule has 3 nitrogen and oxygen atoms in total. The van der Waals surface area contributed by atoms with Gasteiger partial charge in [0.15, 0.2) is 0 Å². The molecule has 19 heavy (non-hydrogen) atoms. The summed E-state index contributed by atoms with van der Waals surface area (Å²) in [5.74, 6) is 0. The minimum Gasteiger partial charge on any atom is -0.369 e. The lowest BCUT2D eigenvalue weighted by Crippen LogP contribution is -2.49. The first-order chi connectivity index (χ1) is 9.28. The first kappa shape index (κ1) is 12.0. The Kier molecular flexibility index (Phi) is 3.10. The molecular formula is C16H17N3. The van der Waals surface area contributed by atoms with Gasteiger partial charge in [0, 0.05) is 31.4 Å². The van der Waals surface area contributed by atoms with Crippen LogP contribution in [0.25, 0.3) is 10.8 Å². The van der Waals surface area contributed by atoms with Gasteiger partial charge >= 0.3 is 0 Å². The van der Waals surface area contributed by atoms with Crippen molar-refractivity contribution in [1.29, 1.82) is 5.26 Å². The molecule has 1 aliphatic heterocycles. The second-order valence-electron chi connectivity index (χ2n) is 5.12. The summed E-state index contributed by atoms with van der Waals surface area (Å²) in [6, 6.07) is 15.0. The zero-order chi connectivity index (χ0) is 13.2. The van der Waals surface area contributed by atoms with Crippen LogP contribution in [0.4, 0.5) is 5.69 Å². The van der Waals surface area contributed by atoms with Crippen LogP contribution in [0.2, 0.25) is 0 Å². The molecule has 2 aromatic carbocycles. The van der Waals surface area contributed by atoms with Crippen LogP contribution in [0.3, 0.4) is 0 Å². The Morgan fingerprint density at radius 2 is 2.21 bits per heavy atom. The molecule has 1 aliphatic rings. The first-order valence-corrected chi connectivity index (χ1v) is 6.69. The van der Waals surface area contributed by atoms with E-state index in [-0.39, 0.29) is 0 Å². The molecule has 0 spiro atoms. The first-order valence-electron chi connectivity index (χ1n) is 6.69. The van der Waals surface area contributed by atoms with Gasteiger partial charge in [-0.25, -0.2) is 0 Å². The molecule has 3 heteroatoms. The molecule has 1 atom stereocenters. The smallest absolute Gasteiger partial charge is 0.0998 e.